The molecule has 1 heterocycles. The smallest absolute Gasteiger partial charge is 0.373 e. The van der Waals surface area contributed by atoms with Gasteiger partial charge in [-0.25, -0.2) is 14.4 Å². The highest BCUT2D eigenvalue weighted by molar-refractivity contribution is 5.94. The second kappa shape index (κ2) is 12.9. The summed E-state index contributed by atoms with van der Waals surface area (Å²) in [5.74, 6) is -11.5. The quantitative estimate of drug-likeness (QED) is 0.0511. The Morgan fingerprint density at radius 2 is 1.11 bits per heavy atom. The highest BCUT2D eigenvalue weighted by Crippen LogP contribution is 2.39. The van der Waals surface area contributed by atoms with E-state index in [1.54, 1.807) is 0 Å². The van der Waals surface area contributed by atoms with Crippen molar-refractivity contribution in [1.29, 1.82) is 0 Å². The molecule has 1 saturated heterocycles. The van der Waals surface area contributed by atoms with E-state index in [1.807, 2.05) is 0 Å². The average molecular weight is 636 g/mol. The lowest BCUT2D eigenvalue weighted by Crippen LogP contribution is -2.55. The van der Waals surface area contributed by atoms with Crippen LogP contribution in [0.4, 0.5) is 0 Å². The zero-order valence-electron chi connectivity index (χ0n) is 22.4. The predicted octanol–water partition coefficient (Wildman–Crippen LogP) is -0.0148. The lowest BCUT2D eigenvalue weighted by Gasteiger charge is -2.35. The van der Waals surface area contributed by atoms with Crippen LogP contribution < -0.4 is 4.74 Å². The van der Waals surface area contributed by atoms with Gasteiger partial charge in [0.25, 0.3) is 0 Å². The number of rotatable bonds is 8. The first-order valence-corrected chi connectivity index (χ1v) is 12.5. The van der Waals surface area contributed by atoms with Gasteiger partial charge < -0.3 is 65.3 Å². The topological polar surface area (TPSA) is 300 Å². The maximum absolute atomic E-state index is 12.6. The summed E-state index contributed by atoms with van der Waals surface area (Å²) in [5.41, 5.74) is -1.39. The Kier molecular flexibility index (Phi) is 9.23. The molecule has 0 spiro atoms. The summed E-state index contributed by atoms with van der Waals surface area (Å²) in [6, 6.07) is 4.55. The third kappa shape index (κ3) is 6.94. The molecule has 1 fully saturated rings. The number of carbonyl (C=O) groups is 3. The Bertz CT molecular complexity index is 1590. The molecule has 0 aliphatic carbocycles. The van der Waals surface area contributed by atoms with Crippen molar-refractivity contribution in [3.63, 3.8) is 0 Å². The van der Waals surface area contributed by atoms with Crippen molar-refractivity contribution in [2.75, 3.05) is 13.2 Å². The molecule has 4 rings (SSSR count). The van der Waals surface area contributed by atoms with Gasteiger partial charge in [-0.05, 0) is 36.4 Å². The second-order valence-electron chi connectivity index (χ2n) is 9.41. The average Bonchev–Trinajstić information content (AvgIpc) is 3.00. The first kappa shape index (κ1) is 32.2. The van der Waals surface area contributed by atoms with Crippen LogP contribution in [0, 0.1) is 0 Å². The van der Waals surface area contributed by atoms with Crippen molar-refractivity contribution >= 4 is 17.9 Å². The molecule has 0 bridgehead atoms. The zero-order valence-corrected chi connectivity index (χ0v) is 22.4. The molecule has 0 radical (unpaired) electrons. The van der Waals surface area contributed by atoms with Crippen molar-refractivity contribution in [2.24, 2.45) is 0 Å². The first-order chi connectivity index (χ1) is 21.2. The molecule has 0 saturated carbocycles. The van der Waals surface area contributed by atoms with E-state index in [9.17, 15) is 65.4 Å². The predicted molar refractivity (Wildman–Crippen MR) is 140 cm³/mol. The van der Waals surface area contributed by atoms with E-state index in [4.69, 9.17) is 19.1 Å². The van der Waals surface area contributed by atoms with Crippen LogP contribution in [0.2, 0.25) is 0 Å². The van der Waals surface area contributed by atoms with Gasteiger partial charge in [0.2, 0.25) is 5.75 Å². The Balaban J connectivity index is 1.34. The largest absolute Gasteiger partial charge is 0.504 e. The Morgan fingerprint density at radius 3 is 1.64 bits per heavy atom. The Labute approximate surface area is 250 Å². The third-order valence-corrected chi connectivity index (χ3v) is 6.32. The van der Waals surface area contributed by atoms with Crippen LogP contribution in [0.3, 0.4) is 0 Å². The lowest BCUT2D eigenvalue weighted by atomic mass is 10.0. The fraction of sp³-hybridized carbons (Fsp3) is 0.222. The van der Waals surface area contributed by atoms with Crippen molar-refractivity contribution < 1.29 is 89.4 Å². The number of ether oxygens (including phenoxy) is 3. The van der Waals surface area contributed by atoms with Crippen molar-refractivity contribution in [3.8, 4) is 51.7 Å². The van der Waals surface area contributed by atoms with Gasteiger partial charge >= 0.3 is 17.9 Å². The number of aliphatic hydroxyl groups excluding tert-OH is 2. The molecule has 18 heteroatoms. The third-order valence-electron chi connectivity index (χ3n) is 6.32. The molecule has 1 aliphatic heterocycles. The van der Waals surface area contributed by atoms with Gasteiger partial charge in [-0.3, -0.25) is 4.89 Å². The summed E-state index contributed by atoms with van der Waals surface area (Å²) in [7, 11) is 0. The first-order valence-electron chi connectivity index (χ1n) is 12.5. The minimum atomic E-state index is -1.76. The standard InChI is InChI=1S/C27H24O18/c28-12-1-9(2-13(29)20(12)33)25(38)42-7-18-23(36)24(37)19(8-41-18)44-45-27(40)11-5-16(32)22(35)17(6-11)43-26(39)10-3-14(30)21(34)15(31)4-10/h1-6,18-19,23-24,28-37H,7-8H2/t18-,19+,23-,24-/m1/s1. The molecular formula is C27H24O18. The highest BCUT2D eigenvalue weighted by atomic mass is 17.2. The van der Waals surface area contributed by atoms with Crippen molar-refractivity contribution in [3.05, 3.63) is 53.1 Å². The number of hydrogen-bond acceptors (Lipinski definition) is 18. The lowest BCUT2D eigenvalue weighted by molar-refractivity contribution is -0.328. The van der Waals surface area contributed by atoms with Gasteiger partial charge in [0.15, 0.2) is 52.1 Å². The maximum atomic E-state index is 12.6. The van der Waals surface area contributed by atoms with Gasteiger partial charge in [0.05, 0.1) is 23.3 Å². The van der Waals surface area contributed by atoms with Crippen LogP contribution in [0.25, 0.3) is 0 Å². The molecule has 3 aromatic carbocycles. The Morgan fingerprint density at radius 1 is 0.644 bits per heavy atom. The van der Waals surface area contributed by atoms with E-state index in [-0.39, 0.29) is 5.56 Å². The van der Waals surface area contributed by atoms with E-state index in [2.05, 4.69) is 4.89 Å². The number of esters is 2. The summed E-state index contributed by atoms with van der Waals surface area (Å²) in [6.45, 7) is -1.13. The second-order valence-corrected chi connectivity index (χ2v) is 9.41. The summed E-state index contributed by atoms with van der Waals surface area (Å²) in [4.78, 5) is 46.7. The number of hydrogen-bond donors (Lipinski definition) is 10. The Hall–Kier alpha value is -5.69. The van der Waals surface area contributed by atoms with E-state index in [0.717, 1.165) is 30.3 Å². The van der Waals surface area contributed by atoms with Gasteiger partial charge in [-0.2, -0.15) is 4.89 Å². The maximum Gasteiger partial charge on any atom is 0.373 e. The molecule has 45 heavy (non-hydrogen) atoms. The van der Waals surface area contributed by atoms with E-state index < -0.39 is 118 Å². The summed E-state index contributed by atoms with van der Waals surface area (Å²) < 4.78 is 15.2. The summed E-state index contributed by atoms with van der Waals surface area (Å²) in [5, 5.41) is 97.8. The van der Waals surface area contributed by atoms with Gasteiger partial charge in [0.1, 0.15) is 24.9 Å². The highest BCUT2D eigenvalue weighted by Gasteiger charge is 2.41. The van der Waals surface area contributed by atoms with Crippen LogP contribution in [0.1, 0.15) is 31.1 Å². The zero-order chi connectivity index (χ0) is 33.2. The van der Waals surface area contributed by atoms with E-state index >= 15 is 0 Å². The molecule has 240 valence electrons. The molecule has 0 aromatic heterocycles. The van der Waals surface area contributed by atoms with Crippen LogP contribution in [-0.4, -0.2) is 107 Å². The molecule has 18 nitrogen and oxygen atoms in total. The van der Waals surface area contributed by atoms with Crippen LogP contribution in [0.15, 0.2) is 36.4 Å². The van der Waals surface area contributed by atoms with E-state index in [0.29, 0.717) is 6.07 Å². The van der Waals surface area contributed by atoms with Crippen LogP contribution in [-0.2, 0) is 19.2 Å². The summed E-state index contributed by atoms with van der Waals surface area (Å²) in [6.07, 6.45) is -6.30. The molecule has 3 aromatic rings. The number of phenolic OH excluding ortho intramolecular Hbond substituents is 8. The van der Waals surface area contributed by atoms with Crippen LogP contribution >= 0.6 is 0 Å². The molecular weight excluding hydrogens is 612 g/mol. The SMILES string of the molecule is O=C(OC[C@H]1OC[C@H](OOC(=O)c2cc(O)c(O)c(OC(=O)c3cc(O)c(O)c(O)c3)c2)[C@@H](O)[C@@H]1O)c1cc(O)c(O)c(O)c1. The van der Waals surface area contributed by atoms with Crippen molar-refractivity contribution in [1.82, 2.24) is 0 Å². The van der Waals surface area contributed by atoms with Gasteiger partial charge in [0, 0.05) is 0 Å². The molecule has 10 N–H and O–H groups in total. The number of benzene rings is 3. The monoisotopic (exact) mass is 636 g/mol. The summed E-state index contributed by atoms with van der Waals surface area (Å²) >= 11 is 0. The van der Waals surface area contributed by atoms with Crippen LogP contribution in [0.5, 0.6) is 51.7 Å². The molecule has 1 aliphatic rings. The minimum Gasteiger partial charge on any atom is -0.504 e. The number of aliphatic hydroxyl groups is 2. The van der Waals surface area contributed by atoms with Crippen molar-refractivity contribution in [2.45, 2.75) is 24.4 Å². The number of phenols is 8. The van der Waals surface area contributed by atoms with Gasteiger partial charge in [-0.15, -0.1) is 0 Å². The minimum absolute atomic E-state index is 0.348. The normalized spacial score (nSPS) is 19.4. The molecule has 0 unspecified atom stereocenters. The molecule has 4 atom stereocenters. The van der Waals surface area contributed by atoms with E-state index in [1.165, 1.54) is 0 Å². The molecule has 0 amide bonds. The fourth-order valence-electron chi connectivity index (χ4n) is 3.87. The number of carbonyl (C=O) groups excluding carboxylic acids is 3. The van der Waals surface area contributed by atoms with Gasteiger partial charge in [-0.1, -0.05) is 0 Å². The fourth-order valence-corrected chi connectivity index (χ4v) is 3.87. The number of aromatic hydroxyl groups is 8.